The highest BCUT2D eigenvalue weighted by Gasteiger charge is 2.13. The predicted octanol–water partition coefficient (Wildman–Crippen LogP) is 3.30. The second-order valence-electron chi connectivity index (χ2n) is 5.12. The molecule has 0 radical (unpaired) electrons. The van der Waals surface area contributed by atoms with E-state index in [0.717, 1.165) is 35.9 Å². The molecule has 100 valence electrons. The zero-order chi connectivity index (χ0) is 13.1. The Balaban J connectivity index is 1.78. The third kappa shape index (κ3) is 2.99. The average Bonchev–Trinajstić information content (AvgIpc) is 2.46. The van der Waals surface area contributed by atoms with E-state index in [9.17, 15) is 0 Å². The van der Waals surface area contributed by atoms with Gasteiger partial charge in [-0.1, -0.05) is 17.7 Å². The van der Waals surface area contributed by atoms with E-state index in [2.05, 4.69) is 15.6 Å². The number of nitrogens with one attached hydrogen (secondary N) is 2. The maximum Gasteiger partial charge on any atom is 0.133 e. The minimum atomic E-state index is 0.685. The van der Waals surface area contributed by atoms with E-state index < -0.39 is 0 Å². The second-order valence-corrected chi connectivity index (χ2v) is 5.55. The van der Waals surface area contributed by atoms with Gasteiger partial charge in [-0.2, -0.15) is 0 Å². The molecule has 4 heteroatoms. The van der Waals surface area contributed by atoms with E-state index in [1.807, 2.05) is 30.5 Å². The molecule has 2 N–H and O–H groups in total. The molecule has 1 fully saturated rings. The van der Waals surface area contributed by atoms with Gasteiger partial charge in [-0.3, -0.25) is 0 Å². The lowest BCUT2D eigenvalue weighted by Gasteiger charge is -2.23. The summed E-state index contributed by atoms with van der Waals surface area (Å²) in [7, 11) is 0. The number of piperidine rings is 1. The van der Waals surface area contributed by atoms with E-state index in [4.69, 9.17) is 11.6 Å². The molecule has 1 aromatic heterocycles. The summed E-state index contributed by atoms with van der Waals surface area (Å²) in [4.78, 5) is 4.44. The number of nitrogens with zero attached hydrogens (tertiary/aromatic N) is 1. The van der Waals surface area contributed by atoms with E-state index in [1.54, 1.807) is 0 Å². The van der Waals surface area contributed by atoms with Crippen LogP contribution in [-0.2, 0) is 0 Å². The summed E-state index contributed by atoms with van der Waals surface area (Å²) in [5, 5.41) is 9.93. The summed E-state index contributed by atoms with van der Waals surface area (Å²) in [5.41, 5.74) is 0. The van der Waals surface area contributed by atoms with Gasteiger partial charge in [0, 0.05) is 23.2 Å². The van der Waals surface area contributed by atoms with E-state index in [1.165, 1.54) is 18.2 Å². The van der Waals surface area contributed by atoms with Crippen molar-refractivity contribution in [1.82, 2.24) is 10.3 Å². The molecule has 0 aliphatic carbocycles. The van der Waals surface area contributed by atoms with Crippen LogP contribution in [0, 0.1) is 5.92 Å². The number of fused-ring (bicyclic) bond motifs is 1. The normalized spacial score (nSPS) is 19.5. The zero-order valence-electron chi connectivity index (χ0n) is 10.8. The van der Waals surface area contributed by atoms with E-state index in [0.29, 0.717) is 5.92 Å². The number of hydrogen-bond donors (Lipinski definition) is 2. The molecule has 1 aliphatic heterocycles. The Morgan fingerprint density at radius 2 is 2.32 bits per heavy atom. The summed E-state index contributed by atoms with van der Waals surface area (Å²) >= 11 is 6.07. The minimum absolute atomic E-state index is 0.685. The van der Waals surface area contributed by atoms with Crippen LogP contribution in [-0.4, -0.2) is 24.6 Å². The van der Waals surface area contributed by atoms with Crippen molar-refractivity contribution < 1.29 is 0 Å². The van der Waals surface area contributed by atoms with Crippen LogP contribution < -0.4 is 10.6 Å². The maximum atomic E-state index is 6.07. The highest BCUT2D eigenvalue weighted by atomic mass is 35.5. The number of benzene rings is 1. The van der Waals surface area contributed by atoms with Crippen LogP contribution >= 0.6 is 11.6 Å². The Bertz CT molecular complexity index is 564. The van der Waals surface area contributed by atoms with Crippen LogP contribution in [0.5, 0.6) is 0 Å². The Hall–Kier alpha value is -1.32. The van der Waals surface area contributed by atoms with Gasteiger partial charge in [-0.15, -0.1) is 0 Å². The number of rotatable bonds is 3. The summed E-state index contributed by atoms with van der Waals surface area (Å²) in [5.74, 6) is 1.62. The van der Waals surface area contributed by atoms with Crippen LogP contribution in [0.25, 0.3) is 10.8 Å². The van der Waals surface area contributed by atoms with Crippen molar-refractivity contribution in [2.75, 3.05) is 25.0 Å². The van der Waals surface area contributed by atoms with Crippen LogP contribution in [0.4, 0.5) is 5.82 Å². The lowest BCUT2D eigenvalue weighted by molar-refractivity contribution is 0.393. The molecule has 1 saturated heterocycles. The number of anilines is 1. The van der Waals surface area contributed by atoms with Crippen molar-refractivity contribution in [3.63, 3.8) is 0 Å². The van der Waals surface area contributed by atoms with Crippen molar-refractivity contribution in [3.8, 4) is 0 Å². The first-order valence-electron chi connectivity index (χ1n) is 6.82. The molecule has 19 heavy (non-hydrogen) atoms. The van der Waals surface area contributed by atoms with Crippen molar-refractivity contribution in [2.24, 2.45) is 5.92 Å². The number of aromatic nitrogens is 1. The largest absolute Gasteiger partial charge is 0.369 e. The van der Waals surface area contributed by atoms with Gasteiger partial charge in [-0.25, -0.2) is 4.98 Å². The fourth-order valence-corrected chi connectivity index (χ4v) is 2.79. The highest BCUT2D eigenvalue weighted by molar-refractivity contribution is 6.31. The quantitative estimate of drug-likeness (QED) is 0.902. The molecular weight excluding hydrogens is 258 g/mol. The molecule has 0 spiro atoms. The van der Waals surface area contributed by atoms with Crippen molar-refractivity contribution >= 4 is 28.2 Å². The van der Waals surface area contributed by atoms with Crippen molar-refractivity contribution in [3.05, 3.63) is 35.5 Å². The first-order chi connectivity index (χ1) is 9.33. The Morgan fingerprint density at radius 3 is 3.16 bits per heavy atom. The standard InChI is InChI=1S/C15H18ClN3/c16-13-4-3-12-5-7-18-15(14(12)8-13)19-10-11-2-1-6-17-9-11/h3-5,7-8,11,17H,1-2,6,9-10H2,(H,18,19). The Kier molecular flexibility index (Phi) is 3.85. The minimum Gasteiger partial charge on any atom is -0.369 e. The predicted molar refractivity (Wildman–Crippen MR) is 80.8 cm³/mol. The molecule has 1 aliphatic rings. The lowest BCUT2D eigenvalue weighted by Crippen LogP contribution is -2.33. The van der Waals surface area contributed by atoms with Crippen LogP contribution in [0.2, 0.25) is 5.02 Å². The van der Waals surface area contributed by atoms with Gasteiger partial charge in [-0.05, 0) is 55.4 Å². The van der Waals surface area contributed by atoms with Gasteiger partial charge < -0.3 is 10.6 Å². The molecule has 0 saturated carbocycles. The average molecular weight is 276 g/mol. The van der Waals surface area contributed by atoms with Crippen LogP contribution in [0.15, 0.2) is 30.5 Å². The first kappa shape index (κ1) is 12.7. The van der Waals surface area contributed by atoms with Crippen LogP contribution in [0.1, 0.15) is 12.8 Å². The number of halogens is 1. The van der Waals surface area contributed by atoms with Crippen molar-refractivity contribution in [1.29, 1.82) is 0 Å². The molecule has 1 aromatic carbocycles. The smallest absolute Gasteiger partial charge is 0.133 e. The van der Waals surface area contributed by atoms with Gasteiger partial charge in [0.1, 0.15) is 5.82 Å². The molecular formula is C15H18ClN3. The third-order valence-electron chi connectivity index (χ3n) is 3.69. The maximum absolute atomic E-state index is 6.07. The van der Waals surface area contributed by atoms with E-state index in [-0.39, 0.29) is 0 Å². The molecule has 3 nitrogen and oxygen atoms in total. The van der Waals surface area contributed by atoms with Crippen LogP contribution in [0.3, 0.4) is 0 Å². The van der Waals surface area contributed by atoms with Gasteiger partial charge in [0.2, 0.25) is 0 Å². The van der Waals surface area contributed by atoms with Gasteiger partial charge in [0.05, 0.1) is 0 Å². The molecule has 0 bridgehead atoms. The first-order valence-corrected chi connectivity index (χ1v) is 7.19. The molecule has 2 heterocycles. The van der Waals surface area contributed by atoms with Crippen molar-refractivity contribution in [2.45, 2.75) is 12.8 Å². The monoisotopic (exact) mass is 275 g/mol. The van der Waals surface area contributed by atoms with Gasteiger partial charge in [0.15, 0.2) is 0 Å². The Morgan fingerprint density at radius 1 is 1.37 bits per heavy atom. The third-order valence-corrected chi connectivity index (χ3v) is 3.92. The lowest BCUT2D eigenvalue weighted by atomic mass is 10.00. The summed E-state index contributed by atoms with van der Waals surface area (Å²) in [6.45, 7) is 3.21. The second kappa shape index (κ2) is 5.76. The topological polar surface area (TPSA) is 37.0 Å². The summed E-state index contributed by atoms with van der Waals surface area (Å²) in [6, 6.07) is 7.94. The fraction of sp³-hybridized carbons (Fsp3) is 0.400. The molecule has 1 atom stereocenters. The molecule has 2 aromatic rings. The molecule has 0 amide bonds. The highest BCUT2D eigenvalue weighted by Crippen LogP contribution is 2.25. The number of pyridine rings is 1. The van der Waals surface area contributed by atoms with Gasteiger partial charge in [0.25, 0.3) is 0 Å². The Labute approximate surface area is 118 Å². The fourth-order valence-electron chi connectivity index (χ4n) is 2.62. The molecule has 3 rings (SSSR count). The van der Waals surface area contributed by atoms with E-state index >= 15 is 0 Å². The zero-order valence-corrected chi connectivity index (χ0v) is 11.6. The number of hydrogen-bond acceptors (Lipinski definition) is 3. The summed E-state index contributed by atoms with van der Waals surface area (Å²) < 4.78 is 0. The summed E-state index contributed by atoms with van der Waals surface area (Å²) in [6.07, 6.45) is 4.39. The van der Waals surface area contributed by atoms with Gasteiger partial charge >= 0.3 is 0 Å². The SMILES string of the molecule is Clc1ccc2ccnc(NCC3CCCNC3)c2c1. The molecule has 1 unspecified atom stereocenters.